The Hall–Kier alpha value is -4.26. The largest absolute Gasteiger partial charge is 0.453 e. The summed E-state index contributed by atoms with van der Waals surface area (Å²) in [7, 11) is 0. The predicted molar refractivity (Wildman–Crippen MR) is 112 cm³/mol. The monoisotopic (exact) mass is 493 g/mol. The molecule has 0 fully saturated rings. The van der Waals surface area contributed by atoms with Gasteiger partial charge in [0.1, 0.15) is 22.9 Å². The fraction of sp³-hybridized carbons (Fsp3) is 0.0500. The first-order chi connectivity index (χ1) is 16.1. The van der Waals surface area contributed by atoms with Gasteiger partial charge in [-0.15, -0.1) is 0 Å². The first-order valence-corrected chi connectivity index (χ1v) is 9.60. The molecule has 3 aromatic heterocycles. The van der Waals surface area contributed by atoms with Gasteiger partial charge in [0.05, 0.1) is 5.56 Å². The highest BCUT2D eigenvalue weighted by molar-refractivity contribution is 6.34. The van der Waals surface area contributed by atoms with Crippen molar-refractivity contribution in [2.45, 2.75) is 6.18 Å². The number of alkyl halides is 3. The van der Waals surface area contributed by atoms with Crippen molar-refractivity contribution in [1.82, 2.24) is 24.7 Å². The zero-order chi connectivity index (χ0) is 24.6. The number of benzene rings is 1. The summed E-state index contributed by atoms with van der Waals surface area (Å²) in [5, 5.41) is 3.82. The Kier molecular flexibility index (Phi) is 5.79. The molecule has 14 heteroatoms. The molecular weight excluding hydrogens is 482 g/mol. The Morgan fingerprint density at radius 2 is 1.85 bits per heavy atom. The molecule has 174 valence electrons. The molecule has 0 unspecified atom stereocenters. The van der Waals surface area contributed by atoms with Gasteiger partial charge in [-0.1, -0.05) is 11.6 Å². The van der Waals surface area contributed by atoms with Gasteiger partial charge < -0.3 is 16.2 Å². The lowest BCUT2D eigenvalue weighted by Gasteiger charge is -2.11. The quantitative estimate of drug-likeness (QED) is 0.401. The minimum atomic E-state index is -5.04. The van der Waals surface area contributed by atoms with Crippen LogP contribution in [0.25, 0.3) is 17.1 Å². The highest BCUT2D eigenvalue weighted by Gasteiger charge is 2.42. The Labute approximate surface area is 193 Å². The smallest absolute Gasteiger partial charge is 0.434 e. The topological polar surface area (TPSA) is 135 Å². The molecule has 0 saturated carbocycles. The maximum absolute atomic E-state index is 14.8. The molecule has 0 aliphatic carbocycles. The second-order valence-corrected chi connectivity index (χ2v) is 7.05. The van der Waals surface area contributed by atoms with Crippen molar-refractivity contribution in [1.29, 1.82) is 0 Å². The fourth-order valence-electron chi connectivity index (χ4n) is 3.06. The van der Waals surface area contributed by atoms with E-state index in [1.807, 2.05) is 0 Å². The molecule has 0 spiro atoms. The molecule has 0 saturated heterocycles. The summed E-state index contributed by atoms with van der Waals surface area (Å²) in [5.74, 6) is -3.03. The SMILES string of the molecule is NC(=O)c1c(-c2ccc(Oc3ccnc(N)c3Cl)c(F)c2)nn(-c2ccncn2)c1C(F)(F)F. The van der Waals surface area contributed by atoms with Crippen molar-refractivity contribution in [3.05, 3.63) is 71.2 Å². The van der Waals surface area contributed by atoms with Gasteiger partial charge in [0, 0.05) is 30.1 Å². The van der Waals surface area contributed by atoms with E-state index in [2.05, 4.69) is 20.1 Å². The predicted octanol–water partition coefficient (Wildman–Crippen LogP) is 4.01. The molecule has 0 aliphatic rings. The number of nitrogen functional groups attached to an aromatic ring is 1. The van der Waals surface area contributed by atoms with E-state index in [9.17, 15) is 22.4 Å². The summed E-state index contributed by atoms with van der Waals surface area (Å²) in [6, 6.07) is 5.66. The van der Waals surface area contributed by atoms with Gasteiger partial charge in [-0.05, 0) is 18.2 Å². The van der Waals surface area contributed by atoms with Crippen LogP contribution in [-0.4, -0.2) is 30.6 Å². The molecule has 0 aliphatic heterocycles. The second kappa shape index (κ2) is 8.59. The Morgan fingerprint density at radius 3 is 2.47 bits per heavy atom. The molecule has 0 atom stereocenters. The minimum Gasteiger partial charge on any atom is -0.453 e. The number of primary amides is 1. The van der Waals surface area contributed by atoms with E-state index in [4.69, 9.17) is 27.8 Å². The maximum atomic E-state index is 14.8. The van der Waals surface area contributed by atoms with Gasteiger partial charge in [-0.25, -0.2) is 24.0 Å². The molecule has 0 radical (unpaired) electrons. The number of hydrogen-bond acceptors (Lipinski definition) is 7. The van der Waals surface area contributed by atoms with Gasteiger partial charge in [0.15, 0.2) is 28.8 Å². The third-order valence-electron chi connectivity index (χ3n) is 4.49. The first kappa shape index (κ1) is 22.9. The molecule has 34 heavy (non-hydrogen) atoms. The molecule has 1 aromatic carbocycles. The molecule has 4 rings (SSSR count). The average molecular weight is 494 g/mol. The highest BCUT2D eigenvalue weighted by Crippen LogP contribution is 2.39. The van der Waals surface area contributed by atoms with Crippen molar-refractivity contribution in [2.24, 2.45) is 5.73 Å². The van der Waals surface area contributed by atoms with Crippen LogP contribution in [0, 0.1) is 5.82 Å². The Morgan fingerprint density at radius 1 is 1.09 bits per heavy atom. The zero-order valence-electron chi connectivity index (χ0n) is 16.7. The number of anilines is 1. The summed E-state index contributed by atoms with van der Waals surface area (Å²) in [6.45, 7) is 0. The number of hydrogen-bond donors (Lipinski definition) is 2. The number of carbonyl (C=O) groups is 1. The normalized spacial score (nSPS) is 11.4. The van der Waals surface area contributed by atoms with Crippen LogP contribution in [-0.2, 0) is 6.18 Å². The zero-order valence-corrected chi connectivity index (χ0v) is 17.5. The Balaban J connectivity index is 1.84. The summed E-state index contributed by atoms with van der Waals surface area (Å²) in [6.07, 6.45) is -1.55. The summed E-state index contributed by atoms with van der Waals surface area (Å²) < 4.78 is 62.4. The minimum absolute atomic E-state index is 0.00559. The molecule has 4 aromatic rings. The van der Waals surface area contributed by atoms with Crippen molar-refractivity contribution in [3.63, 3.8) is 0 Å². The van der Waals surface area contributed by atoms with Crippen LogP contribution in [0.15, 0.2) is 49.1 Å². The van der Waals surface area contributed by atoms with Crippen LogP contribution in [0.2, 0.25) is 5.02 Å². The molecule has 3 heterocycles. The lowest BCUT2D eigenvalue weighted by molar-refractivity contribution is -0.143. The van der Waals surface area contributed by atoms with Crippen LogP contribution < -0.4 is 16.2 Å². The van der Waals surface area contributed by atoms with Gasteiger partial charge in [-0.2, -0.15) is 18.3 Å². The van der Waals surface area contributed by atoms with E-state index in [1.165, 1.54) is 24.5 Å². The number of rotatable bonds is 5. The number of ether oxygens (including phenoxy) is 1. The van der Waals surface area contributed by atoms with E-state index < -0.39 is 34.9 Å². The lowest BCUT2D eigenvalue weighted by Crippen LogP contribution is -2.21. The van der Waals surface area contributed by atoms with Crippen molar-refractivity contribution < 1.29 is 27.1 Å². The van der Waals surface area contributed by atoms with Crippen LogP contribution in [0.1, 0.15) is 16.1 Å². The third-order valence-corrected chi connectivity index (χ3v) is 4.87. The van der Waals surface area contributed by atoms with Crippen molar-refractivity contribution in [2.75, 3.05) is 5.73 Å². The van der Waals surface area contributed by atoms with Crippen LogP contribution in [0.4, 0.5) is 23.4 Å². The van der Waals surface area contributed by atoms with E-state index in [0.717, 1.165) is 24.5 Å². The van der Waals surface area contributed by atoms with Gasteiger partial charge >= 0.3 is 6.18 Å². The van der Waals surface area contributed by atoms with Crippen LogP contribution in [0.5, 0.6) is 11.5 Å². The van der Waals surface area contributed by atoms with Gasteiger partial charge in [-0.3, -0.25) is 4.79 Å². The third kappa shape index (κ3) is 4.20. The number of pyridine rings is 1. The highest BCUT2D eigenvalue weighted by atomic mass is 35.5. The Bertz CT molecular complexity index is 1390. The standard InChI is InChI=1S/C20H12ClF4N7O2/c21-15-12(3-6-29-18(15)26)34-11-2-1-9(7-10(11)22)16-14(19(27)33)17(20(23,24)25)32(31-16)13-4-5-28-8-30-13/h1-8H,(H2,26,29)(H2,27,33). The molecule has 0 bridgehead atoms. The lowest BCUT2D eigenvalue weighted by atomic mass is 10.0. The van der Waals surface area contributed by atoms with Gasteiger partial charge in [0.25, 0.3) is 5.91 Å². The van der Waals surface area contributed by atoms with E-state index in [1.54, 1.807) is 0 Å². The average Bonchev–Trinajstić information content (AvgIpc) is 3.20. The first-order valence-electron chi connectivity index (χ1n) is 9.22. The van der Waals surface area contributed by atoms with Crippen molar-refractivity contribution in [3.8, 4) is 28.6 Å². The second-order valence-electron chi connectivity index (χ2n) is 6.67. The maximum Gasteiger partial charge on any atom is 0.434 e. The summed E-state index contributed by atoms with van der Waals surface area (Å²) in [5.41, 5.74) is 7.76. The number of halogens is 5. The molecule has 4 N–H and O–H groups in total. The molecule has 1 amide bonds. The van der Waals surface area contributed by atoms with E-state index >= 15 is 0 Å². The van der Waals surface area contributed by atoms with Crippen LogP contribution in [0.3, 0.4) is 0 Å². The van der Waals surface area contributed by atoms with Crippen molar-refractivity contribution >= 4 is 23.3 Å². The number of nitrogens with two attached hydrogens (primary N) is 2. The number of nitrogens with zero attached hydrogens (tertiary/aromatic N) is 5. The summed E-state index contributed by atoms with van der Waals surface area (Å²) in [4.78, 5) is 23.2. The molecule has 9 nitrogen and oxygen atoms in total. The number of aromatic nitrogens is 5. The van der Waals surface area contributed by atoms with E-state index in [0.29, 0.717) is 4.68 Å². The fourth-order valence-corrected chi connectivity index (χ4v) is 3.21. The van der Waals surface area contributed by atoms with Crippen LogP contribution >= 0.6 is 11.6 Å². The summed E-state index contributed by atoms with van der Waals surface area (Å²) >= 11 is 5.98. The number of carbonyl (C=O) groups excluding carboxylic acids is 1. The van der Waals surface area contributed by atoms with E-state index in [-0.39, 0.29) is 33.7 Å². The molecular formula is C20H12ClF4N7O2. The van der Waals surface area contributed by atoms with Gasteiger partial charge in [0.2, 0.25) is 0 Å². The number of amides is 1.